The average molecular weight is 151 g/mol. The summed E-state index contributed by atoms with van der Waals surface area (Å²) in [5, 5.41) is 11.6. The molecule has 10 heavy (non-hydrogen) atoms. The highest BCUT2D eigenvalue weighted by Crippen LogP contribution is 2.08. The van der Waals surface area contributed by atoms with Crippen LogP contribution < -0.4 is 0 Å². The second-order valence-electron chi connectivity index (χ2n) is 1.83. The van der Waals surface area contributed by atoms with Crippen LogP contribution in [0.2, 0.25) is 0 Å². The number of hydrogen-bond donors (Lipinski definition) is 0. The lowest BCUT2D eigenvalue weighted by molar-refractivity contribution is 0.806. The van der Waals surface area contributed by atoms with Crippen molar-refractivity contribution >= 4 is 11.3 Å². The maximum atomic E-state index is 3.83. The van der Waals surface area contributed by atoms with E-state index in [1.165, 1.54) is 0 Å². The summed E-state index contributed by atoms with van der Waals surface area (Å²) in [5.41, 5.74) is 1.07. The van der Waals surface area contributed by atoms with Crippen molar-refractivity contribution < 1.29 is 0 Å². The zero-order valence-corrected chi connectivity index (χ0v) is 5.95. The maximum Gasteiger partial charge on any atom is 0.0770 e. The molecular formula is C6H5N3S. The van der Waals surface area contributed by atoms with Gasteiger partial charge in [-0.2, -0.15) is 11.3 Å². The van der Waals surface area contributed by atoms with Crippen LogP contribution in [-0.2, 0) is 0 Å². The number of rotatable bonds is 1. The summed E-state index contributed by atoms with van der Waals surface area (Å²) < 4.78 is 1.73. The van der Waals surface area contributed by atoms with Crippen LogP contribution in [0.1, 0.15) is 0 Å². The zero-order valence-electron chi connectivity index (χ0n) is 5.14. The second kappa shape index (κ2) is 2.22. The van der Waals surface area contributed by atoms with Crippen molar-refractivity contribution in [2.75, 3.05) is 0 Å². The molecule has 0 fully saturated rings. The van der Waals surface area contributed by atoms with Crippen molar-refractivity contribution in [2.45, 2.75) is 0 Å². The molecule has 0 aliphatic carbocycles. The Bertz CT molecular complexity index is 252. The van der Waals surface area contributed by atoms with Gasteiger partial charge in [-0.1, -0.05) is 5.21 Å². The zero-order chi connectivity index (χ0) is 6.81. The van der Waals surface area contributed by atoms with Gasteiger partial charge in [-0.05, 0) is 11.4 Å². The van der Waals surface area contributed by atoms with Crippen molar-refractivity contribution in [1.82, 2.24) is 15.0 Å². The Morgan fingerprint density at radius 1 is 1.50 bits per heavy atom. The van der Waals surface area contributed by atoms with Crippen LogP contribution >= 0.6 is 11.3 Å². The lowest BCUT2D eigenvalue weighted by Crippen LogP contribution is -1.91. The molecule has 0 aliphatic rings. The van der Waals surface area contributed by atoms with Crippen LogP contribution in [0.25, 0.3) is 5.69 Å². The summed E-state index contributed by atoms with van der Waals surface area (Å²) in [5.74, 6) is 0. The molecule has 4 heteroatoms. The van der Waals surface area contributed by atoms with E-state index in [0.29, 0.717) is 0 Å². The number of nitrogens with zero attached hydrogens (tertiary/aromatic N) is 3. The molecule has 0 saturated carbocycles. The molecule has 0 saturated heterocycles. The Kier molecular flexibility index (Phi) is 1.25. The largest absolute Gasteiger partial charge is 0.220 e. The second-order valence-corrected chi connectivity index (χ2v) is 2.61. The van der Waals surface area contributed by atoms with Crippen LogP contribution in [-0.4, -0.2) is 15.0 Å². The van der Waals surface area contributed by atoms with Crippen molar-refractivity contribution in [2.24, 2.45) is 0 Å². The van der Waals surface area contributed by atoms with E-state index in [4.69, 9.17) is 0 Å². The van der Waals surface area contributed by atoms with Gasteiger partial charge in [-0.25, -0.2) is 4.68 Å². The Labute approximate surface area is 61.9 Å². The third-order valence-electron chi connectivity index (χ3n) is 1.19. The van der Waals surface area contributed by atoms with Gasteiger partial charge in [0.1, 0.15) is 0 Å². The van der Waals surface area contributed by atoms with E-state index in [1.54, 1.807) is 22.2 Å². The Morgan fingerprint density at radius 3 is 3.10 bits per heavy atom. The van der Waals surface area contributed by atoms with Crippen LogP contribution in [0.4, 0.5) is 0 Å². The molecule has 0 aliphatic heterocycles. The highest BCUT2D eigenvalue weighted by molar-refractivity contribution is 7.08. The van der Waals surface area contributed by atoms with Crippen molar-refractivity contribution in [3.05, 3.63) is 29.2 Å². The van der Waals surface area contributed by atoms with Crippen LogP contribution in [0.5, 0.6) is 0 Å². The predicted octanol–water partition coefficient (Wildman–Crippen LogP) is 1.33. The first-order valence-corrected chi connectivity index (χ1v) is 3.80. The smallest absolute Gasteiger partial charge is 0.0770 e. The summed E-state index contributed by atoms with van der Waals surface area (Å²) in [6, 6.07) is 2.00. The van der Waals surface area contributed by atoms with Crippen LogP contribution in [0, 0.1) is 0 Å². The van der Waals surface area contributed by atoms with E-state index in [0.717, 1.165) is 5.69 Å². The number of hydrogen-bond acceptors (Lipinski definition) is 3. The summed E-state index contributed by atoms with van der Waals surface area (Å²) in [6.07, 6.45) is 3.49. The third kappa shape index (κ3) is 0.823. The van der Waals surface area contributed by atoms with Gasteiger partial charge >= 0.3 is 0 Å². The molecule has 3 nitrogen and oxygen atoms in total. The number of thiophene rings is 1. The van der Waals surface area contributed by atoms with E-state index in [1.807, 2.05) is 23.0 Å². The summed E-state index contributed by atoms with van der Waals surface area (Å²) >= 11 is 1.65. The van der Waals surface area contributed by atoms with Gasteiger partial charge in [-0.3, -0.25) is 0 Å². The topological polar surface area (TPSA) is 30.7 Å². The molecule has 2 heterocycles. The predicted molar refractivity (Wildman–Crippen MR) is 39.2 cm³/mol. The van der Waals surface area contributed by atoms with E-state index in [-0.39, 0.29) is 0 Å². The Balaban J connectivity index is 2.48. The quantitative estimate of drug-likeness (QED) is 0.615. The first-order valence-electron chi connectivity index (χ1n) is 2.86. The van der Waals surface area contributed by atoms with Crippen LogP contribution in [0.15, 0.2) is 29.2 Å². The van der Waals surface area contributed by atoms with E-state index >= 15 is 0 Å². The van der Waals surface area contributed by atoms with Gasteiger partial charge in [0.15, 0.2) is 0 Å². The van der Waals surface area contributed by atoms with E-state index < -0.39 is 0 Å². The molecule has 0 aromatic carbocycles. The fourth-order valence-electron chi connectivity index (χ4n) is 0.734. The molecule has 0 unspecified atom stereocenters. The third-order valence-corrected chi connectivity index (χ3v) is 1.86. The van der Waals surface area contributed by atoms with Gasteiger partial charge in [0, 0.05) is 5.38 Å². The monoisotopic (exact) mass is 151 g/mol. The highest BCUT2D eigenvalue weighted by Gasteiger charge is 1.93. The van der Waals surface area contributed by atoms with Gasteiger partial charge < -0.3 is 0 Å². The summed E-state index contributed by atoms with van der Waals surface area (Å²) in [6.45, 7) is 0. The van der Waals surface area contributed by atoms with Crippen molar-refractivity contribution in [3.8, 4) is 5.69 Å². The fourth-order valence-corrected chi connectivity index (χ4v) is 1.36. The molecule has 50 valence electrons. The molecule has 0 amide bonds. The lowest BCUT2D eigenvalue weighted by Gasteiger charge is -1.90. The molecule has 2 aromatic heterocycles. The number of aromatic nitrogens is 3. The molecule has 0 atom stereocenters. The van der Waals surface area contributed by atoms with Gasteiger partial charge in [0.05, 0.1) is 18.1 Å². The van der Waals surface area contributed by atoms with E-state index in [9.17, 15) is 0 Å². The Morgan fingerprint density at radius 2 is 2.50 bits per heavy atom. The molecule has 2 rings (SSSR count). The Hall–Kier alpha value is -1.16. The molecule has 0 N–H and O–H groups in total. The van der Waals surface area contributed by atoms with Gasteiger partial charge in [0.2, 0.25) is 0 Å². The van der Waals surface area contributed by atoms with Gasteiger partial charge in [-0.15, -0.1) is 5.10 Å². The maximum absolute atomic E-state index is 3.83. The highest BCUT2D eigenvalue weighted by atomic mass is 32.1. The molecule has 0 bridgehead atoms. The normalized spacial score (nSPS) is 10.0. The summed E-state index contributed by atoms with van der Waals surface area (Å²) in [7, 11) is 0. The molecule has 0 radical (unpaired) electrons. The molecule has 0 spiro atoms. The van der Waals surface area contributed by atoms with Crippen molar-refractivity contribution in [3.63, 3.8) is 0 Å². The van der Waals surface area contributed by atoms with Crippen molar-refractivity contribution in [1.29, 1.82) is 0 Å². The lowest BCUT2D eigenvalue weighted by atomic mass is 10.5. The van der Waals surface area contributed by atoms with E-state index in [2.05, 4.69) is 10.3 Å². The van der Waals surface area contributed by atoms with Gasteiger partial charge in [0.25, 0.3) is 0 Å². The minimum atomic E-state index is 1.07. The fraction of sp³-hybridized carbons (Fsp3) is 0. The minimum absolute atomic E-state index is 1.07. The first-order chi connectivity index (χ1) is 4.97. The molecule has 2 aromatic rings. The first kappa shape index (κ1) is 5.61. The SMILES string of the molecule is c1cn(-c2ccsc2)nn1. The molecular weight excluding hydrogens is 146 g/mol. The average Bonchev–Trinajstić information content (AvgIpc) is 2.59. The summed E-state index contributed by atoms with van der Waals surface area (Å²) in [4.78, 5) is 0. The minimum Gasteiger partial charge on any atom is -0.220 e. The van der Waals surface area contributed by atoms with Crippen LogP contribution in [0.3, 0.4) is 0 Å². The standard InChI is InChI=1S/C6H5N3S/c1-4-10-5-6(1)9-3-2-7-8-9/h1-5H.